The predicted molar refractivity (Wildman–Crippen MR) is 62.1 cm³/mol. The molecule has 4 N–H and O–H groups in total. The van der Waals surface area contributed by atoms with Gasteiger partial charge in [0.2, 0.25) is 0 Å². The van der Waals surface area contributed by atoms with Gasteiger partial charge in [-0.05, 0) is 26.4 Å². The third-order valence-electron chi connectivity index (χ3n) is 3.22. The minimum atomic E-state index is -0.671. The molecule has 0 radical (unpaired) electrons. The number of nitrogens with two attached hydrogens (primary N) is 1. The van der Waals surface area contributed by atoms with Crippen LogP contribution in [0.2, 0.25) is 0 Å². The van der Waals surface area contributed by atoms with Crippen molar-refractivity contribution in [2.75, 3.05) is 26.7 Å². The summed E-state index contributed by atoms with van der Waals surface area (Å²) in [5, 5.41) is 9.56. The van der Waals surface area contributed by atoms with Crippen molar-refractivity contribution in [2.45, 2.75) is 24.9 Å². The predicted octanol–water partition coefficient (Wildman–Crippen LogP) is 0.211. The molecule has 0 saturated carbocycles. The van der Waals surface area contributed by atoms with Gasteiger partial charge in [-0.2, -0.15) is 0 Å². The highest BCUT2D eigenvalue weighted by atomic mass is 16.3. The molecule has 0 spiro atoms. The highest BCUT2D eigenvalue weighted by molar-refractivity contribution is 5.10. The van der Waals surface area contributed by atoms with Gasteiger partial charge >= 0.3 is 0 Å². The van der Waals surface area contributed by atoms with Crippen LogP contribution >= 0.6 is 0 Å². The minimum Gasteiger partial charge on any atom is -0.384 e. The monoisotopic (exact) mass is 224 g/mol. The molecular formula is C11H20N4O. The number of rotatable bonds is 3. The van der Waals surface area contributed by atoms with Crippen molar-refractivity contribution in [1.29, 1.82) is 0 Å². The maximum atomic E-state index is 9.56. The molecule has 90 valence electrons. The molecule has 1 aliphatic heterocycles. The van der Waals surface area contributed by atoms with Crippen LogP contribution in [-0.2, 0) is 0 Å². The summed E-state index contributed by atoms with van der Waals surface area (Å²) in [4.78, 5) is 9.70. The number of hydrogen-bond donors (Lipinski definition) is 3. The molecule has 1 saturated heterocycles. The van der Waals surface area contributed by atoms with E-state index in [1.165, 1.54) is 19.4 Å². The summed E-state index contributed by atoms with van der Waals surface area (Å²) < 4.78 is 0. The number of nitrogens with one attached hydrogen (secondary N) is 1. The van der Waals surface area contributed by atoms with Crippen molar-refractivity contribution in [2.24, 2.45) is 5.73 Å². The Bertz CT molecular complexity index is 338. The number of H-pyrrole nitrogens is 1. The molecule has 1 fully saturated rings. The Balaban J connectivity index is 2.06. The van der Waals surface area contributed by atoms with Gasteiger partial charge in [0.05, 0.1) is 0 Å². The molecule has 2 heterocycles. The lowest BCUT2D eigenvalue weighted by Gasteiger charge is -2.28. The minimum absolute atomic E-state index is 0.206. The average molecular weight is 224 g/mol. The molecule has 2 unspecified atom stereocenters. The second-order valence-corrected chi connectivity index (χ2v) is 4.58. The first-order valence-electron chi connectivity index (χ1n) is 5.82. The highest BCUT2D eigenvalue weighted by Gasteiger charge is 2.21. The molecule has 0 bridgehead atoms. The average Bonchev–Trinajstić information content (AvgIpc) is 2.77. The fourth-order valence-corrected chi connectivity index (χ4v) is 2.26. The zero-order valence-electron chi connectivity index (χ0n) is 9.69. The van der Waals surface area contributed by atoms with Crippen LogP contribution in [-0.4, -0.2) is 46.7 Å². The van der Waals surface area contributed by atoms with E-state index in [-0.39, 0.29) is 6.54 Å². The van der Waals surface area contributed by atoms with E-state index >= 15 is 0 Å². The molecule has 2 atom stereocenters. The molecule has 1 aromatic heterocycles. The highest BCUT2D eigenvalue weighted by Crippen LogP contribution is 2.25. The third-order valence-corrected chi connectivity index (χ3v) is 3.22. The van der Waals surface area contributed by atoms with Crippen molar-refractivity contribution in [3.8, 4) is 0 Å². The van der Waals surface area contributed by atoms with E-state index < -0.39 is 6.10 Å². The zero-order valence-corrected chi connectivity index (χ0v) is 9.69. The van der Waals surface area contributed by atoms with E-state index in [9.17, 15) is 5.11 Å². The van der Waals surface area contributed by atoms with Crippen molar-refractivity contribution in [3.63, 3.8) is 0 Å². The van der Waals surface area contributed by atoms with Gasteiger partial charge in [0, 0.05) is 30.9 Å². The number of aliphatic hydroxyl groups excluding tert-OH is 1. The molecule has 2 rings (SSSR count). The number of aliphatic hydroxyl groups is 1. The summed E-state index contributed by atoms with van der Waals surface area (Å²) in [7, 11) is 2.14. The second kappa shape index (κ2) is 4.95. The van der Waals surface area contributed by atoms with Gasteiger partial charge in [-0.1, -0.05) is 0 Å². The van der Waals surface area contributed by atoms with Crippen molar-refractivity contribution in [3.05, 3.63) is 17.7 Å². The number of piperidine rings is 1. The van der Waals surface area contributed by atoms with Crippen LogP contribution in [0.1, 0.15) is 36.4 Å². The van der Waals surface area contributed by atoms with Gasteiger partial charge in [0.1, 0.15) is 11.9 Å². The topological polar surface area (TPSA) is 78.2 Å². The zero-order chi connectivity index (χ0) is 11.5. The second-order valence-electron chi connectivity index (χ2n) is 4.58. The van der Waals surface area contributed by atoms with Gasteiger partial charge in [-0.15, -0.1) is 0 Å². The molecule has 5 heteroatoms. The lowest BCUT2D eigenvalue weighted by molar-refractivity contribution is 0.177. The molecular weight excluding hydrogens is 204 g/mol. The number of nitrogens with zero attached hydrogens (tertiary/aromatic N) is 2. The van der Waals surface area contributed by atoms with E-state index in [0.717, 1.165) is 12.2 Å². The first-order valence-corrected chi connectivity index (χ1v) is 5.82. The van der Waals surface area contributed by atoms with Crippen molar-refractivity contribution >= 4 is 0 Å². The first kappa shape index (κ1) is 11.6. The van der Waals surface area contributed by atoms with Crippen LogP contribution in [0.25, 0.3) is 0 Å². The fourth-order valence-electron chi connectivity index (χ4n) is 2.26. The van der Waals surface area contributed by atoms with Crippen LogP contribution in [0.3, 0.4) is 0 Å². The Hall–Kier alpha value is -0.910. The van der Waals surface area contributed by atoms with Crippen LogP contribution in [0, 0.1) is 0 Å². The number of aromatic amines is 1. The Kier molecular flexibility index (Phi) is 3.58. The van der Waals surface area contributed by atoms with E-state index in [0.29, 0.717) is 11.7 Å². The lowest BCUT2D eigenvalue weighted by Crippen LogP contribution is -2.31. The maximum absolute atomic E-state index is 9.56. The fraction of sp³-hybridized carbons (Fsp3) is 0.727. The summed E-state index contributed by atoms with van der Waals surface area (Å²) in [5.41, 5.74) is 6.52. The Morgan fingerprint density at radius 3 is 3.25 bits per heavy atom. The van der Waals surface area contributed by atoms with E-state index in [1.54, 1.807) is 0 Å². The third kappa shape index (κ3) is 2.42. The van der Waals surface area contributed by atoms with Crippen molar-refractivity contribution < 1.29 is 5.11 Å². The largest absolute Gasteiger partial charge is 0.384 e. The van der Waals surface area contributed by atoms with Crippen LogP contribution in [0.4, 0.5) is 0 Å². The number of likely N-dealkylation sites (N-methyl/N-ethyl adjacent to an activating group) is 1. The van der Waals surface area contributed by atoms with Gasteiger partial charge < -0.3 is 20.7 Å². The molecule has 0 aromatic carbocycles. The van der Waals surface area contributed by atoms with Gasteiger partial charge in [-0.25, -0.2) is 4.98 Å². The van der Waals surface area contributed by atoms with Gasteiger partial charge in [0.25, 0.3) is 0 Å². The molecule has 1 aromatic rings. The van der Waals surface area contributed by atoms with Crippen LogP contribution in [0.5, 0.6) is 0 Å². The molecule has 16 heavy (non-hydrogen) atoms. The summed E-state index contributed by atoms with van der Waals surface area (Å²) in [6, 6.07) is 0. The van der Waals surface area contributed by atoms with Crippen LogP contribution < -0.4 is 5.73 Å². The maximum Gasteiger partial charge on any atom is 0.136 e. The van der Waals surface area contributed by atoms with E-state index in [2.05, 4.69) is 21.9 Å². The normalized spacial score (nSPS) is 24.6. The Morgan fingerprint density at radius 1 is 1.75 bits per heavy atom. The van der Waals surface area contributed by atoms with E-state index in [1.807, 2.05) is 6.20 Å². The van der Waals surface area contributed by atoms with Gasteiger partial charge in [0.15, 0.2) is 0 Å². The van der Waals surface area contributed by atoms with E-state index in [4.69, 9.17) is 5.73 Å². The standard InChI is InChI=1S/C11H20N4O/c1-15-4-2-3-8(7-15)9-6-13-11(14-9)10(16)5-12/h6,8,10,16H,2-5,7,12H2,1H3,(H,13,14). The Morgan fingerprint density at radius 2 is 2.56 bits per heavy atom. The van der Waals surface area contributed by atoms with Crippen LogP contribution in [0.15, 0.2) is 6.20 Å². The number of hydrogen-bond acceptors (Lipinski definition) is 4. The summed E-state index contributed by atoms with van der Waals surface area (Å²) in [6.45, 7) is 2.43. The van der Waals surface area contributed by atoms with Gasteiger partial charge in [-0.3, -0.25) is 0 Å². The lowest BCUT2D eigenvalue weighted by atomic mass is 9.96. The number of likely N-dealkylation sites (tertiary alicyclic amines) is 1. The SMILES string of the molecule is CN1CCCC(c2cnc(C(O)CN)[nH]2)C1. The molecule has 5 nitrogen and oxygen atoms in total. The molecule has 0 amide bonds. The Labute approximate surface area is 95.7 Å². The smallest absolute Gasteiger partial charge is 0.136 e. The first-order chi connectivity index (χ1) is 7.70. The number of imidazole rings is 1. The van der Waals surface area contributed by atoms with Crippen molar-refractivity contribution in [1.82, 2.24) is 14.9 Å². The number of aromatic nitrogens is 2. The quantitative estimate of drug-likeness (QED) is 0.686. The molecule has 0 aliphatic carbocycles. The summed E-state index contributed by atoms with van der Waals surface area (Å²) >= 11 is 0. The summed E-state index contributed by atoms with van der Waals surface area (Å²) in [5.74, 6) is 1.09. The molecule has 1 aliphatic rings. The summed E-state index contributed by atoms with van der Waals surface area (Å²) in [6.07, 6.45) is 3.56.